The van der Waals surface area contributed by atoms with Crippen LogP contribution in [0.5, 0.6) is 11.5 Å². The van der Waals surface area contributed by atoms with Gasteiger partial charge in [-0.25, -0.2) is 13.2 Å². The molecule has 0 bridgehead atoms. The number of carbonyl (C=O) groups excluding carboxylic acids is 3. The fourth-order valence-corrected chi connectivity index (χ4v) is 6.17. The van der Waals surface area contributed by atoms with Gasteiger partial charge < -0.3 is 35.6 Å². The van der Waals surface area contributed by atoms with Crippen molar-refractivity contribution >= 4 is 39.1 Å². The van der Waals surface area contributed by atoms with Gasteiger partial charge in [-0.05, 0) is 72.5 Å². The van der Waals surface area contributed by atoms with Gasteiger partial charge in [-0.1, -0.05) is 12.1 Å². The normalized spacial score (nSPS) is 15.3. The zero-order chi connectivity index (χ0) is 32.2. The van der Waals surface area contributed by atoms with Gasteiger partial charge in [0.2, 0.25) is 11.8 Å². The third kappa shape index (κ3) is 7.05. The van der Waals surface area contributed by atoms with Gasteiger partial charge in [0, 0.05) is 43.8 Å². The van der Waals surface area contributed by atoms with Crippen molar-refractivity contribution in [1.82, 2.24) is 9.80 Å². The lowest BCUT2D eigenvalue weighted by atomic mass is 10.0. The smallest absolute Gasteiger partial charge is 0.321 e. The van der Waals surface area contributed by atoms with Crippen molar-refractivity contribution in [3.05, 3.63) is 77.4 Å². The van der Waals surface area contributed by atoms with E-state index in [0.717, 1.165) is 6.26 Å². The van der Waals surface area contributed by atoms with Gasteiger partial charge in [0.1, 0.15) is 6.04 Å². The number of amides is 4. The second-order valence-corrected chi connectivity index (χ2v) is 12.7. The summed E-state index contributed by atoms with van der Waals surface area (Å²) in [4.78, 5) is 41.8. The Bertz CT molecular complexity index is 1680. The number of methoxy groups -OCH3 is 2. The lowest BCUT2D eigenvalue weighted by Gasteiger charge is -2.31. The summed E-state index contributed by atoms with van der Waals surface area (Å²) in [5.74, 6) is -0.0491. The summed E-state index contributed by atoms with van der Waals surface area (Å²) in [6.45, 7) is 0.369. The number of carbonyl (C=O) groups is 3. The first kappa shape index (κ1) is 32.1. The first-order valence-electron chi connectivity index (χ1n) is 13.8. The first-order chi connectivity index (χ1) is 20.8. The van der Waals surface area contributed by atoms with E-state index < -0.39 is 27.8 Å². The molecule has 0 aromatic heterocycles. The molecule has 3 aromatic rings. The molecule has 12 nitrogen and oxygen atoms in total. The van der Waals surface area contributed by atoms with Crippen LogP contribution in [0.15, 0.2) is 65.6 Å². The molecule has 0 aliphatic carbocycles. The number of nitrogens with one attached hydrogen (secondary N) is 2. The van der Waals surface area contributed by atoms with Gasteiger partial charge in [-0.2, -0.15) is 0 Å². The fraction of sp³-hybridized carbons (Fsp3) is 0.323. The van der Waals surface area contributed by atoms with Crippen LogP contribution in [0.4, 0.5) is 16.2 Å². The summed E-state index contributed by atoms with van der Waals surface area (Å²) < 4.78 is 36.6. The molecular formula is C31H37N5O7S. The van der Waals surface area contributed by atoms with Crippen molar-refractivity contribution < 1.29 is 32.3 Å². The predicted molar refractivity (Wildman–Crippen MR) is 167 cm³/mol. The van der Waals surface area contributed by atoms with Crippen LogP contribution in [0.3, 0.4) is 0 Å². The summed E-state index contributed by atoms with van der Waals surface area (Å²) in [5.41, 5.74) is 7.61. The summed E-state index contributed by atoms with van der Waals surface area (Å²) in [6.07, 6.45) is 2.25. The Morgan fingerprint density at radius 1 is 0.977 bits per heavy atom. The predicted octanol–water partition coefficient (Wildman–Crippen LogP) is 3.82. The maximum absolute atomic E-state index is 14.5. The minimum absolute atomic E-state index is 0.0786. The molecule has 1 aliphatic heterocycles. The number of primary amides is 1. The Hall–Kier alpha value is -4.78. The monoisotopic (exact) mass is 623 g/mol. The van der Waals surface area contributed by atoms with Crippen LogP contribution in [-0.2, 0) is 14.6 Å². The van der Waals surface area contributed by atoms with E-state index in [0.29, 0.717) is 53.4 Å². The molecule has 1 heterocycles. The third-order valence-electron chi connectivity index (χ3n) is 7.41. The molecule has 0 spiro atoms. The Labute approximate surface area is 257 Å². The number of hydrogen-bond acceptors (Lipinski definition) is 8. The van der Waals surface area contributed by atoms with E-state index in [1.165, 1.54) is 31.3 Å². The van der Waals surface area contributed by atoms with Gasteiger partial charge in [-0.15, -0.1) is 0 Å². The Kier molecular flexibility index (Phi) is 9.68. The van der Waals surface area contributed by atoms with E-state index in [1.54, 1.807) is 67.5 Å². The maximum Gasteiger partial charge on any atom is 0.321 e. The summed E-state index contributed by atoms with van der Waals surface area (Å²) in [5, 5.41) is 6.01. The topological polar surface area (TPSA) is 160 Å². The van der Waals surface area contributed by atoms with Gasteiger partial charge in [0.25, 0.3) is 0 Å². The number of hydrogen-bond donors (Lipinski definition) is 3. The standard InChI is InChI=1S/C31H37N5O7S/c1-35(2)31(39)34-22-12-14-27(44(5,40)41)23(18-22)24-10-7-15-36(24)30(38)28(19-11-13-25(42-3)26(17-19)43-4)33-21-9-6-8-20(16-21)29(32)37/h6,8-9,11-14,16-18,24,28,33H,7,10,15H2,1-5H3,(H2,32,37)(H,34,39)/t24-,28-/m1/s1. The largest absolute Gasteiger partial charge is 0.493 e. The number of likely N-dealkylation sites (tertiary alicyclic amines) is 1. The highest BCUT2D eigenvalue weighted by Crippen LogP contribution is 2.40. The zero-order valence-corrected chi connectivity index (χ0v) is 26.1. The van der Waals surface area contributed by atoms with E-state index in [4.69, 9.17) is 15.2 Å². The molecular weight excluding hydrogens is 586 g/mol. The lowest BCUT2D eigenvalue weighted by molar-refractivity contribution is -0.133. The molecule has 1 fully saturated rings. The summed E-state index contributed by atoms with van der Waals surface area (Å²) >= 11 is 0. The van der Waals surface area contributed by atoms with Gasteiger partial charge in [-0.3, -0.25) is 9.59 Å². The van der Waals surface area contributed by atoms with Crippen LogP contribution < -0.4 is 25.8 Å². The average Bonchev–Trinajstić information content (AvgIpc) is 3.48. The Morgan fingerprint density at radius 3 is 2.34 bits per heavy atom. The van der Waals surface area contributed by atoms with Crippen LogP contribution in [0.25, 0.3) is 0 Å². The van der Waals surface area contributed by atoms with E-state index in [-0.39, 0.29) is 22.4 Å². The van der Waals surface area contributed by atoms with Crippen molar-refractivity contribution in [2.75, 3.05) is 51.7 Å². The van der Waals surface area contributed by atoms with Crippen molar-refractivity contribution in [3.8, 4) is 11.5 Å². The van der Waals surface area contributed by atoms with Crippen molar-refractivity contribution in [3.63, 3.8) is 0 Å². The number of rotatable bonds is 10. The van der Waals surface area contributed by atoms with Crippen LogP contribution >= 0.6 is 0 Å². The molecule has 1 saturated heterocycles. The van der Waals surface area contributed by atoms with E-state index >= 15 is 0 Å². The second-order valence-electron chi connectivity index (χ2n) is 10.7. The number of anilines is 2. The number of ether oxygens (including phenoxy) is 2. The van der Waals surface area contributed by atoms with E-state index in [2.05, 4.69) is 10.6 Å². The van der Waals surface area contributed by atoms with Crippen LogP contribution in [0.2, 0.25) is 0 Å². The molecule has 0 unspecified atom stereocenters. The molecule has 0 radical (unpaired) electrons. The fourth-order valence-electron chi connectivity index (χ4n) is 5.23. The number of urea groups is 1. The zero-order valence-electron chi connectivity index (χ0n) is 25.3. The lowest BCUT2D eigenvalue weighted by Crippen LogP contribution is -2.38. The summed E-state index contributed by atoms with van der Waals surface area (Å²) in [6, 6.07) is 14.3. The molecule has 1 aliphatic rings. The Morgan fingerprint density at radius 2 is 1.70 bits per heavy atom. The van der Waals surface area contributed by atoms with Gasteiger partial charge in [0.05, 0.1) is 25.2 Å². The maximum atomic E-state index is 14.5. The molecule has 234 valence electrons. The highest BCUT2D eigenvalue weighted by Gasteiger charge is 2.37. The number of nitrogens with two attached hydrogens (primary N) is 1. The Balaban J connectivity index is 1.79. The van der Waals surface area contributed by atoms with Crippen LogP contribution in [0.1, 0.15) is 46.4 Å². The first-order valence-corrected chi connectivity index (χ1v) is 15.7. The van der Waals surface area contributed by atoms with Gasteiger partial charge in [0.15, 0.2) is 21.3 Å². The molecule has 13 heteroatoms. The molecule has 2 atom stereocenters. The van der Waals surface area contributed by atoms with Crippen molar-refractivity contribution in [1.29, 1.82) is 0 Å². The van der Waals surface area contributed by atoms with Crippen molar-refractivity contribution in [2.45, 2.75) is 29.8 Å². The number of sulfone groups is 1. The quantitative estimate of drug-likeness (QED) is 0.307. The highest BCUT2D eigenvalue weighted by atomic mass is 32.2. The number of benzene rings is 3. The van der Waals surface area contributed by atoms with Crippen LogP contribution in [-0.4, -0.2) is 77.2 Å². The third-order valence-corrected chi connectivity index (χ3v) is 8.58. The minimum atomic E-state index is -3.68. The van der Waals surface area contributed by atoms with Crippen LogP contribution in [0, 0.1) is 0 Å². The average molecular weight is 624 g/mol. The second kappa shape index (κ2) is 13.2. The van der Waals surface area contributed by atoms with Gasteiger partial charge >= 0.3 is 6.03 Å². The molecule has 3 aromatic carbocycles. The number of nitrogens with zero attached hydrogens (tertiary/aromatic N) is 2. The summed E-state index contributed by atoms with van der Waals surface area (Å²) in [7, 11) is 2.51. The molecule has 44 heavy (non-hydrogen) atoms. The minimum Gasteiger partial charge on any atom is -0.493 e. The van der Waals surface area contributed by atoms with Crippen molar-refractivity contribution in [2.24, 2.45) is 5.73 Å². The molecule has 4 N–H and O–H groups in total. The SMILES string of the molecule is COc1ccc([C@@H](Nc2cccc(C(N)=O)c2)C(=O)N2CCC[C@@H]2c2cc(NC(=O)N(C)C)ccc2S(C)(=O)=O)cc1OC. The van der Waals surface area contributed by atoms with E-state index in [9.17, 15) is 22.8 Å². The molecule has 4 amide bonds. The molecule has 0 saturated carbocycles. The molecule has 4 rings (SSSR count). The van der Waals surface area contributed by atoms with E-state index in [1.807, 2.05) is 0 Å². The highest BCUT2D eigenvalue weighted by molar-refractivity contribution is 7.90.